The van der Waals surface area contributed by atoms with Gasteiger partial charge in [0.25, 0.3) is 4.84 Å². The normalized spacial score (nSPS) is 15.5. The first-order valence-corrected chi connectivity index (χ1v) is 11.2. The molecule has 0 saturated carbocycles. The molecule has 2 heterocycles. The summed E-state index contributed by atoms with van der Waals surface area (Å²) in [5, 5.41) is 7.54. The zero-order valence-electron chi connectivity index (χ0n) is 16.6. The van der Waals surface area contributed by atoms with E-state index >= 15 is 0 Å². The van der Waals surface area contributed by atoms with E-state index in [1.807, 2.05) is 31.2 Å². The van der Waals surface area contributed by atoms with Gasteiger partial charge in [0, 0.05) is 48.8 Å². The van der Waals surface area contributed by atoms with Gasteiger partial charge >= 0.3 is 0 Å². The topological polar surface area (TPSA) is 72.5 Å². The molecule has 0 bridgehead atoms. The van der Waals surface area contributed by atoms with Gasteiger partial charge < -0.3 is 14.5 Å². The molecule has 0 atom stereocenters. The quantitative estimate of drug-likeness (QED) is 0.432. The lowest BCUT2D eigenvalue weighted by Gasteiger charge is -2.30. The van der Waals surface area contributed by atoms with Crippen molar-refractivity contribution in [2.75, 3.05) is 32.8 Å². The molecule has 158 valence electrons. The van der Waals surface area contributed by atoms with Crippen LogP contribution in [0.25, 0.3) is 11.5 Å². The van der Waals surface area contributed by atoms with Gasteiger partial charge in [0.1, 0.15) is 0 Å². The number of amides is 1. The first kappa shape index (κ1) is 22.1. The summed E-state index contributed by atoms with van der Waals surface area (Å²) >= 11 is 8.76. The van der Waals surface area contributed by atoms with Gasteiger partial charge in [-0.05, 0) is 62.7 Å². The highest BCUT2D eigenvalue weighted by Crippen LogP contribution is 2.22. The van der Waals surface area contributed by atoms with E-state index in [9.17, 15) is 4.79 Å². The molecule has 7 nitrogen and oxygen atoms in total. The van der Waals surface area contributed by atoms with E-state index < -0.39 is 0 Å². The van der Waals surface area contributed by atoms with Gasteiger partial charge in [-0.25, -0.2) is 4.68 Å². The Kier molecular flexibility index (Phi) is 8.40. The smallest absolute Gasteiger partial charge is 0.288 e. The van der Waals surface area contributed by atoms with E-state index in [4.69, 9.17) is 21.4 Å². The van der Waals surface area contributed by atoms with Crippen LogP contribution in [0.2, 0.25) is 0 Å². The van der Waals surface area contributed by atoms with Crippen LogP contribution in [0.15, 0.2) is 33.2 Å². The molecule has 1 fully saturated rings. The number of hydrogen-bond acceptors (Lipinski definition) is 6. The predicted octanol–water partition coefficient (Wildman–Crippen LogP) is 3.85. The van der Waals surface area contributed by atoms with Crippen molar-refractivity contribution in [2.24, 2.45) is 5.92 Å². The van der Waals surface area contributed by atoms with E-state index in [-0.39, 0.29) is 11.8 Å². The Hall–Kier alpha value is -1.55. The molecular weight excluding hydrogens is 456 g/mol. The van der Waals surface area contributed by atoms with Gasteiger partial charge in [-0.15, -0.1) is 5.10 Å². The SMILES string of the molecule is CCOCCCNC(=O)C1CCN(Cn2nc(-c3ccc(Br)cc3)oc2=S)CC1. The van der Waals surface area contributed by atoms with Gasteiger partial charge in [-0.2, -0.15) is 0 Å². The molecule has 1 aliphatic heterocycles. The lowest BCUT2D eigenvalue weighted by Crippen LogP contribution is -2.41. The maximum Gasteiger partial charge on any atom is 0.288 e. The number of nitrogens with one attached hydrogen (secondary N) is 1. The van der Waals surface area contributed by atoms with Crippen molar-refractivity contribution in [2.45, 2.75) is 32.9 Å². The third-order valence-corrected chi connectivity index (χ3v) is 5.78. The molecule has 0 unspecified atom stereocenters. The van der Waals surface area contributed by atoms with Crippen LogP contribution in [0.1, 0.15) is 26.2 Å². The Bertz CT molecular complexity index is 844. The first-order valence-electron chi connectivity index (χ1n) is 9.98. The zero-order valence-corrected chi connectivity index (χ0v) is 19.0. The van der Waals surface area contributed by atoms with Crippen molar-refractivity contribution in [1.82, 2.24) is 20.0 Å². The number of halogens is 1. The summed E-state index contributed by atoms with van der Waals surface area (Å²) in [6.07, 6.45) is 2.52. The maximum atomic E-state index is 12.3. The standard InChI is InChI=1S/C20H27BrN4O3S/c1-2-27-13-3-10-22-18(26)15-8-11-24(12-9-15)14-25-20(29)28-19(23-25)16-4-6-17(21)7-5-16/h4-7,15H,2-3,8-14H2,1H3,(H,22,26). The molecule has 29 heavy (non-hydrogen) atoms. The van der Waals surface area contributed by atoms with Crippen LogP contribution >= 0.6 is 28.1 Å². The molecule has 1 aromatic heterocycles. The fraction of sp³-hybridized carbons (Fsp3) is 0.550. The lowest BCUT2D eigenvalue weighted by atomic mass is 9.96. The Morgan fingerprint density at radius 1 is 1.34 bits per heavy atom. The third-order valence-electron chi connectivity index (χ3n) is 4.96. The summed E-state index contributed by atoms with van der Waals surface area (Å²) in [5.74, 6) is 0.738. The summed E-state index contributed by atoms with van der Waals surface area (Å²) < 4.78 is 13.7. The van der Waals surface area contributed by atoms with Crippen molar-refractivity contribution in [3.63, 3.8) is 0 Å². The number of rotatable bonds is 9. The number of hydrogen-bond donors (Lipinski definition) is 1. The minimum atomic E-state index is 0.0713. The van der Waals surface area contributed by atoms with Gasteiger partial charge in [-0.1, -0.05) is 15.9 Å². The number of nitrogens with zero attached hydrogens (tertiary/aromatic N) is 3. The second-order valence-corrected chi connectivity index (χ2v) is 8.32. The molecule has 1 aromatic carbocycles. The summed E-state index contributed by atoms with van der Waals surface area (Å²) in [7, 11) is 0. The van der Waals surface area contributed by atoms with Gasteiger partial charge in [0.2, 0.25) is 11.8 Å². The molecule has 1 N–H and O–H groups in total. The van der Waals surface area contributed by atoms with Crippen LogP contribution < -0.4 is 5.32 Å². The minimum Gasteiger partial charge on any atom is -0.409 e. The summed E-state index contributed by atoms with van der Waals surface area (Å²) in [4.78, 5) is 14.9. The molecule has 1 saturated heterocycles. The van der Waals surface area contributed by atoms with Crippen molar-refractivity contribution in [3.05, 3.63) is 33.6 Å². The fourth-order valence-electron chi connectivity index (χ4n) is 3.31. The number of aromatic nitrogens is 2. The van der Waals surface area contributed by atoms with Crippen LogP contribution in [-0.2, 0) is 16.2 Å². The highest BCUT2D eigenvalue weighted by atomic mass is 79.9. The molecule has 1 amide bonds. The van der Waals surface area contributed by atoms with Crippen molar-refractivity contribution < 1.29 is 13.9 Å². The molecular formula is C20H27BrN4O3S. The average Bonchev–Trinajstić information content (AvgIpc) is 3.09. The number of carbonyl (C=O) groups excluding carboxylic acids is 1. The molecule has 2 aromatic rings. The largest absolute Gasteiger partial charge is 0.409 e. The molecule has 9 heteroatoms. The maximum absolute atomic E-state index is 12.3. The molecule has 1 aliphatic rings. The van der Waals surface area contributed by atoms with Gasteiger partial charge in [-0.3, -0.25) is 9.69 Å². The second-order valence-electron chi connectivity index (χ2n) is 7.05. The number of carbonyl (C=O) groups is 1. The highest BCUT2D eigenvalue weighted by Gasteiger charge is 2.25. The van der Waals surface area contributed by atoms with E-state index in [1.165, 1.54) is 0 Å². The predicted molar refractivity (Wildman–Crippen MR) is 117 cm³/mol. The number of likely N-dealkylation sites (tertiary alicyclic amines) is 1. The van der Waals surface area contributed by atoms with Crippen LogP contribution in [0.5, 0.6) is 0 Å². The molecule has 0 spiro atoms. The fourth-order valence-corrected chi connectivity index (χ4v) is 3.75. The zero-order chi connectivity index (χ0) is 20.6. The van der Waals surface area contributed by atoms with E-state index in [0.29, 0.717) is 37.2 Å². The number of piperidine rings is 1. The Morgan fingerprint density at radius 2 is 2.07 bits per heavy atom. The Labute approximate surface area is 184 Å². The van der Waals surface area contributed by atoms with E-state index in [2.05, 4.69) is 31.2 Å². The summed E-state index contributed by atoms with van der Waals surface area (Å²) in [5.41, 5.74) is 0.887. The minimum absolute atomic E-state index is 0.0713. The third kappa shape index (κ3) is 6.47. The van der Waals surface area contributed by atoms with E-state index in [0.717, 1.165) is 42.4 Å². The van der Waals surface area contributed by atoms with Crippen LogP contribution in [0.3, 0.4) is 0 Å². The monoisotopic (exact) mass is 482 g/mol. The van der Waals surface area contributed by atoms with Crippen LogP contribution in [0.4, 0.5) is 0 Å². The summed E-state index contributed by atoms with van der Waals surface area (Å²) in [6.45, 7) is 6.29. The number of ether oxygens (including phenoxy) is 1. The van der Waals surface area contributed by atoms with Crippen molar-refractivity contribution >= 4 is 34.1 Å². The number of benzene rings is 1. The molecule has 0 aliphatic carbocycles. The molecule has 0 radical (unpaired) electrons. The van der Waals surface area contributed by atoms with Crippen molar-refractivity contribution in [3.8, 4) is 11.5 Å². The van der Waals surface area contributed by atoms with Crippen LogP contribution in [-0.4, -0.2) is 53.4 Å². The van der Waals surface area contributed by atoms with Gasteiger partial charge in [0.05, 0.1) is 6.67 Å². The second kappa shape index (κ2) is 11.0. The van der Waals surface area contributed by atoms with Gasteiger partial charge in [0.15, 0.2) is 0 Å². The Balaban J connectivity index is 1.46. The molecule has 3 rings (SSSR count). The van der Waals surface area contributed by atoms with E-state index in [1.54, 1.807) is 4.68 Å². The van der Waals surface area contributed by atoms with Crippen molar-refractivity contribution in [1.29, 1.82) is 0 Å². The Morgan fingerprint density at radius 3 is 2.76 bits per heavy atom. The summed E-state index contributed by atoms with van der Waals surface area (Å²) in [6, 6.07) is 7.76. The lowest BCUT2D eigenvalue weighted by molar-refractivity contribution is -0.126. The first-order chi connectivity index (χ1) is 14.1. The van der Waals surface area contributed by atoms with Crippen LogP contribution in [0, 0.1) is 10.8 Å². The average molecular weight is 483 g/mol. The highest BCUT2D eigenvalue weighted by molar-refractivity contribution is 9.10.